The molecule has 1 aliphatic heterocycles. The molecule has 19 heavy (non-hydrogen) atoms. The highest BCUT2D eigenvalue weighted by Crippen LogP contribution is 2.14. The van der Waals surface area contributed by atoms with Crippen molar-refractivity contribution in [1.29, 1.82) is 0 Å². The van der Waals surface area contributed by atoms with Gasteiger partial charge in [0.1, 0.15) is 0 Å². The molecule has 0 saturated carbocycles. The lowest BCUT2D eigenvalue weighted by atomic mass is 10.1. The molecule has 0 aromatic heterocycles. The zero-order chi connectivity index (χ0) is 13.7. The summed E-state index contributed by atoms with van der Waals surface area (Å²) in [5.41, 5.74) is 2.16. The predicted octanol–water partition coefficient (Wildman–Crippen LogP) is 1.95. The van der Waals surface area contributed by atoms with Crippen LogP contribution < -0.4 is 10.6 Å². The molecule has 0 aliphatic carbocycles. The van der Waals surface area contributed by atoms with Crippen LogP contribution in [0.5, 0.6) is 0 Å². The number of methoxy groups -OCH3 is 1. The molecule has 4 heteroatoms. The van der Waals surface area contributed by atoms with Crippen LogP contribution in [0, 0.1) is 0 Å². The van der Waals surface area contributed by atoms with E-state index in [4.69, 9.17) is 4.74 Å². The van der Waals surface area contributed by atoms with Gasteiger partial charge in [0.25, 0.3) is 0 Å². The minimum atomic E-state index is -0.153. The summed E-state index contributed by atoms with van der Waals surface area (Å²) in [5, 5.41) is 6.11. The van der Waals surface area contributed by atoms with E-state index >= 15 is 0 Å². The molecule has 1 aromatic rings. The second-order valence-corrected chi connectivity index (χ2v) is 4.99. The van der Waals surface area contributed by atoms with E-state index in [1.165, 1.54) is 5.56 Å². The third-order valence-electron chi connectivity index (χ3n) is 3.50. The summed E-state index contributed by atoms with van der Waals surface area (Å²) in [6.07, 6.45) is 3.09. The van der Waals surface area contributed by atoms with Crippen LogP contribution in [0.1, 0.15) is 25.3 Å². The molecule has 1 fully saturated rings. The number of ether oxygens (including phenoxy) is 1. The number of hydrogen-bond acceptors (Lipinski definition) is 3. The quantitative estimate of drug-likeness (QED) is 0.853. The van der Waals surface area contributed by atoms with Crippen molar-refractivity contribution in [3.63, 3.8) is 0 Å². The van der Waals surface area contributed by atoms with Crippen LogP contribution >= 0.6 is 0 Å². The number of aryl methyl sites for hydroxylation is 1. The van der Waals surface area contributed by atoms with Crippen molar-refractivity contribution in [3.05, 3.63) is 29.8 Å². The van der Waals surface area contributed by atoms with Crippen molar-refractivity contribution < 1.29 is 9.53 Å². The number of anilines is 1. The first kappa shape index (κ1) is 14.0. The molecule has 2 atom stereocenters. The third kappa shape index (κ3) is 3.78. The van der Waals surface area contributed by atoms with E-state index in [0.29, 0.717) is 0 Å². The lowest BCUT2D eigenvalue weighted by molar-refractivity contribution is -0.118. The van der Waals surface area contributed by atoms with E-state index in [-0.39, 0.29) is 18.1 Å². The van der Waals surface area contributed by atoms with Crippen LogP contribution in [-0.4, -0.2) is 31.7 Å². The number of carbonyl (C=O) groups is 1. The Morgan fingerprint density at radius 3 is 2.74 bits per heavy atom. The molecule has 0 radical (unpaired) electrons. The molecule has 104 valence electrons. The van der Waals surface area contributed by atoms with Gasteiger partial charge in [0.05, 0.1) is 12.1 Å². The summed E-state index contributed by atoms with van der Waals surface area (Å²) in [7, 11) is 1.68. The average Bonchev–Trinajstić information content (AvgIpc) is 2.90. The summed E-state index contributed by atoms with van der Waals surface area (Å²) < 4.78 is 5.24. The highest BCUT2D eigenvalue weighted by atomic mass is 16.5. The number of benzene rings is 1. The van der Waals surface area contributed by atoms with Crippen LogP contribution in [-0.2, 0) is 16.0 Å². The van der Waals surface area contributed by atoms with Gasteiger partial charge in [0.15, 0.2) is 0 Å². The molecule has 1 aliphatic rings. The Labute approximate surface area is 114 Å². The minimum Gasteiger partial charge on any atom is -0.380 e. The number of hydrogen-bond donors (Lipinski definition) is 2. The minimum absolute atomic E-state index is 0.0165. The standard InChI is InChI=1S/C15H22N2O2/c1-3-4-11-5-7-12(8-6-11)17-15(18)14-9-13(19-2)10-16-14/h5-8,13-14,16H,3-4,9-10H2,1-2H3,(H,17,18). The topological polar surface area (TPSA) is 50.4 Å². The monoisotopic (exact) mass is 262 g/mol. The first-order valence-electron chi connectivity index (χ1n) is 6.89. The fourth-order valence-corrected chi connectivity index (χ4v) is 2.36. The van der Waals surface area contributed by atoms with Crippen LogP contribution in [0.2, 0.25) is 0 Å². The van der Waals surface area contributed by atoms with Gasteiger partial charge < -0.3 is 15.4 Å². The van der Waals surface area contributed by atoms with Crippen LogP contribution in [0.4, 0.5) is 5.69 Å². The highest BCUT2D eigenvalue weighted by molar-refractivity contribution is 5.95. The van der Waals surface area contributed by atoms with E-state index in [9.17, 15) is 4.79 Å². The molecule has 0 spiro atoms. The van der Waals surface area contributed by atoms with Crippen molar-refractivity contribution in [3.8, 4) is 0 Å². The fraction of sp³-hybridized carbons (Fsp3) is 0.533. The van der Waals surface area contributed by atoms with Crippen molar-refractivity contribution in [2.24, 2.45) is 0 Å². The van der Waals surface area contributed by atoms with Gasteiger partial charge in [0.2, 0.25) is 5.91 Å². The SMILES string of the molecule is CCCc1ccc(NC(=O)C2CC(OC)CN2)cc1. The normalized spacial score (nSPS) is 22.4. The van der Waals surface area contributed by atoms with E-state index < -0.39 is 0 Å². The Hall–Kier alpha value is -1.39. The maximum absolute atomic E-state index is 12.1. The largest absolute Gasteiger partial charge is 0.380 e. The van der Waals surface area contributed by atoms with Crippen molar-refractivity contribution in [2.45, 2.75) is 38.3 Å². The van der Waals surface area contributed by atoms with Crippen molar-refractivity contribution in [2.75, 3.05) is 19.0 Å². The second kappa shape index (κ2) is 6.68. The lowest BCUT2D eigenvalue weighted by Crippen LogP contribution is -2.35. The summed E-state index contributed by atoms with van der Waals surface area (Å²) >= 11 is 0. The molecule has 1 amide bonds. The third-order valence-corrected chi connectivity index (χ3v) is 3.50. The van der Waals surface area contributed by atoms with Crippen LogP contribution in [0.3, 0.4) is 0 Å². The van der Waals surface area contributed by atoms with E-state index in [0.717, 1.165) is 31.5 Å². The molecule has 1 heterocycles. The van der Waals surface area contributed by atoms with Gasteiger partial charge in [-0.1, -0.05) is 25.5 Å². The lowest BCUT2D eigenvalue weighted by Gasteiger charge is -2.11. The van der Waals surface area contributed by atoms with Gasteiger partial charge >= 0.3 is 0 Å². The molecular weight excluding hydrogens is 240 g/mol. The number of rotatable bonds is 5. The van der Waals surface area contributed by atoms with Gasteiger partial charge in [-0.2, -0.15) is 0 Å². The van der Waals surface area contributed by atoms with Crippen molar-refractivity contribution in [1.82, 2.24) is 5.32 Å². The first-order valence-corrected chi connectivity index (χ1v) is 6.89. The molecule has 2 rings (SSSR count). The van der Waals surface area contributed by atoms with Gasteiger partial charge in [-0.15, -0.1) is 0 Å². The van der Waals surface area contributed by atoms with E-state index in [1.807, 2.05) is 12.1 Å². The Bertz CT molecular complexity index is 417. The number of nitrogens with one attached hydrogen (secondary N) is 2. The summed E-state index contributed by atoms with van der Waals surface area (Å²) in [6, 6.07) is 7.91. The smallest absolute Gasteiger partial charge is 0.241 e. The molecule has 4 nitrogen and oxygen atoms in total. The van der Waals surface area contributed by atoms with E-state index in [2.05, 4.69) is 29.7 Å². The Balaban J connectivity index is 1.88. The summed E-state index contributed by atoms with van der Waals surface area (Å²) in [4.78, 5) is 12.1. The predicted molar refractivity (Wildman–Crippen MR) is 76.3 cm³/mol. The maximum Gasteiger partial charge on any atom is 0.241 e. The zero-order valence-electron chi connectivity index (χ0n) is 11.6. The fourth-order valence-electron chi connectivity index (χ4n) is 2.36. The molecule has 2 N–H and O–H groups in total. The molecule has 2 unspecified atom stereocenters. The summed E-state index contributed by atoms with van der Waals surface area (Å²) in [5.74, 6) is 0.0165. The number of carbonyl (C=O) groups excluding carboxylic acids is 1. The maximum atomic E-state index is 12.1. The van der Waals surface area contributed by atoms with E-state index in [1.54, 1.807) is 7.11 Å². The summed E-state index contributed by atoms with van der Waals surface area (Å²) in [6.45, 7) is 2.90. The molecule has 1 aromatic carbocycles. The Morgan fingerprint density at radius 1 is 1.42 bits per heavy atom. The number of amides is 1. The first-order chi connectivity index (χ1) is 9.22. The highest BCUT2D eigenvalue weighted by Gasteiger charge is 2.29. The second-order valence-electron chi connectivity index (χ2n) is 4.99. The zero-order valence-corrected chi connectivity index (χ0v) is 11.6. The average molecular weight is 262 g/mol. The van der Waals surface area contributed by atoms with Gasteiger partial charge in [0, 0.05) is 19.3 Å². The molecule has 0 bridgehead atoms. The Morgan fingerprint density at radius 2 is 2.16 bits per heavy atom. The molecule has 1 saturated heterocycles. The Kier molecular flexibility index (Phi) is 4.93. The van der Waals surface area contributed by atoms with Gasteiger partial charge in [-0.25, -0.2) is 0 Å². The van der Waals surface area contributed by atoms with Crippen molar-refractivity contribution >= 4 is 11.6 Å². The molecular formula is C15H22N2O2. The van der Waals surface area contributed by atoms with Gasteiger partial charge in [-0.3, -0.25) is 4.79 Å². The van der Waals surface area contributed by atoms with Crippen LogP contribution in [0.15, 0.2) is 24.3 Å². The van der Waals surface area contributed by atoms with Gasteiger partial charge in [-0.05, 0) is 30.5 Å². The van der Waals surface area contributed by atoms with Crippen LogP contribution in [0.25, 0.3) is 0 Å².